The van der Waals surface area contributed by atoms with Crippen LogP contribution in [-0.4, -0.2) is 24.1 Å². The zero-order valence-electron chi connectivity index (χ0n) is 12.5. The van der Waals surface area contributed by atoms with E-state index in [2.05, 4.69) is 0 Å². The van der Waals surface area contributed by atoms with Gasteiger partial charge in [-0.25, -0.2) is 8.78 Å². The highest BCUT2D eigenvalue weighted by Crippen LogP contribution is 2.29. The third kappa shape index (κ3) is 3.84. The van der Waals surface area contributed by atoms with Crippen LogP contribution < -0.4 is 4.74 Å². The third-order valence-corrected chi connectivity index (χ3v) is 3.80. The van der Waals surface area contributed by atoms with E-state index < -0.39 is 23.4 Å². The van der Waals surface area contributed by atoms with Gasteiger partial charge in [-0.05, 0) is 29.8 Å². The smallest absolute Gasteiger partial charge is 0.416 e. The Balaban J connectivity index is 1.49. The summed E-state index contributed by atoms with van der Waals surface area (Å²) < 4.78 is 68.9. The maximum Gasteiger partial charge on any atom is 0.416 e. The molecule has 1 saturated heterocycles. The zero-order chi connectivity index (χ0) is 17.3. The second-order valence-corrected chi connectivity index (χ2v) is 5.70. The van der Waals surface area contributed by atoms with Crippen LogP contribution in [0.3, 0.4) is 0 Å². The van der Waals surface area contributed by atoms with Crippen LogP contribution in [0.5, 0.6) is 5.75 Å². The molecule has 0 atom stereocenters. The first-order valence-corrected chi connectivity index (χ1v) is 7.31. The average Bonchev–Trinajstić information content (AvgIpc) is 2.48. The molecule has 24 heavy (non-hydrogen) atoms. The summed E-state index contributed by atoms with van der Waals surface area (Å²) in [6, 6.07) is 8.38. The predicted octanol–water partition coefficient (Wildman–Crippen LogP) is 4.25. The first kappa shape index (κ1) is 16.7. The molecule has 0 unspecified atom stereocenters. The van der Waals surface area contributed by atoms with Crippen molar-refractivity contribution in [2.45, 2.75) is 18.8 Å². The van der Waals surface area contributed by atoms with E-state index in [1.54, 1.807) is 0 Å². The van der Waals surface area contributed by atoms with Gasteiger partial charge in [-0.3, -0.25) is 4.90 Å². The predicted molar refractivity (Wildman–Crippen MR) is 77.5 cm³/mol. The van der Waals surface area contributed by atoms with Crippen LogP contribution in [0.15, 0.2) is 42.5 Å². The Morgan fingerprint density at radius 3 is 2.21 bits per heavy atom. The summed E-state index contributed by atoms with van der Waals surface area (Å²) in [4.78, 5) is 1.99. The molecule has 128 valence electrons. The van der Waals surface area contributed by atoms with E-state index in [0.717, 1.165) is 29.8 Å². The summed E-state index contributed by atoms with van der Waals surface area (Å²) >= 11 is 0. The minimum Gasteiger partial charge on any atom is -0.488 e. The molecular weight excluding hydrogens is 329 g/mol. The largest absolute Gasteiger partial charge is 0.488 e. The van der Waals surface area contributed by atoms with Crippen molar-refractivity contribution in [1.82, 2.24) is 4.90 Å². The van der Waals surface area contributed by atoms with Gasteiger partial charge in [-0.1, -0.05) is 12.1 Å². The third-order valence-electron chi connectivity index (χ3n) is 3.80. The van der Waals surface area contributed by atoms with Crippen molar-refractivity contribution in [3.8, 4) is 5.75 Å². The van der Waals surface area contributed by atoms with Gasteiger partial charge < -0.3 is 4.74 Å². The summed E-state index contributed by atoms with van der Waals surface area (Å²) in [5.74, 6) is -1.64. The highest BCUT2D eigenvalue weighted by molar-refractivity contribution is 5.26. The highest BCUT2D eigenvalue weighted by atomic mass is 19.4. The molecule has 1 aliphatic heterocycles. The first-order valence-electron chi connectivity index (χ1n) is 7.31. The molecule has 1 aliphatic rings. The molecule has 0 aliphatic carbocycles. The van der Waals surface area contributed by atoms with Gasteiger partial charge >= 0.3 is 6.18 Å². The molecule has 0 amide bonds. The number of hydrogen-bond donors (Lipinski definition) is 0. The molecule has 0 saturated carbocycles. The second kappa shape index (κ2) is 6.39. The van der Waals surface area contributed by atoms with Crippen LogP contribution in [-0.2, 0) is 12.7 Å². The minimum absolute atomic E-state index is 0.149. The average molecular weight is 343 g/mol. The lowest BCUT2D eigenvalue weighted by Gasteiger charge is -2.39. The number of alkyl halides is 3. The van der Waals surface area contributed by atoms with Crippen molar-refractivity contribution in [3.63, 3.8) is 0 Å². The molecule has 0 radical (unpaired) electrons. The van der Waals surface area contributed by atoms with E-state index in [-0.39, 0.29) is 11.9 Å². The van der Waals surface area contributed by atoms with Gasteiger partial charge in [0.25, 0.3) is 0 Å². The van der Waals surface area contributed by atoms with E-state index in [4.69, 9.17) is 4.74 Å². The Morgan fingerprint density at radius 2 is 1.62 bits per heavy atom. The monoisotopic (exact) mass is 343 g/mol. The minimum atomic E-state index is -4.33. The van der Waals surface area contributed by atoms with Gasteiger partial charge in [0.2, 0.25) is 0 Å². The van der Waals surface area contributed by atoms with E-state index >= 15 is 0 Å². The van der Waals surface area contributed by atoms with E-state index in [1.165, 1.54) is 18.2 Å². The Morgan fingerprint density at radius 1 is 0.958 bits per heavy atom. The fraction of sp³-hybridized carbons (Fsp3) is 0.294. The quantitative estimate of drug-likeness (QED) is 0.770. The van der Waals surface area contributed by atoms with Gasteiger partial charge in [-0.15, -0.1) is 0 Å². The second-order valence-electron chi connectivity index (χ2n) is 5.70. The van der Waals surface area contributed by atoms with Crippen LogP contribution in [0, 0.1) is 11.6 Å². The number of benzene rings is 2. The fourth-order valence-corrected chi connectivity index (χ4v) is 2.53. The molecule has 2 nitrogen and oxygen atoms in total. The molecule has 1 fully saturated rings. The van der Waals surface area contributed by atoms with E-state index in [0.29, 0.717) is 19.6 Å². The van der Waals surface area contributed by atoms with Crippen LogP contribution >= 0.6 is 0 Å². The molecule has 2 aromatic rings. The summed E-state index contributed by atoms with van der Waals surface area (Å²) in [7, 11) is 0. The molecule has 0 bridgehead atoms. The molecule has 0 spiro atoms. The van der Waals surface area contributed by atoms with Crippen molar-refractivity contribution in [2.75, 3.05) is 13.1 Å². The molecule has 7 heteroatoms. The molecule has 0 aromatic heterocycles. The van der Waals surface area contributed by atoms with Crippen LogP contribution in [0.2, 0.25) is 0 Å². The lowest BCUT2D eigenvalue weighted by Crippen LogP contribution is -2.53. The Kier molecular flexibility index (Phi) is 4.45. The Bertz CT molecular complexity index is 708. The van der Waals surface area contributed by atoms with Crippen molar-refractivity contribution in [3.05, 3.63) is 65.2 Å². The molecule has 1 heterocycles. The number of halogens is 5. The maximum atomic E-state index is 13.1. The molecule has 3 rings (SSSR count). The van der Waals surface area contributed by atoms with Gasteiger partial charge in [0.1, 0.15) is 11.9 Å². The normalized spacial score (nSPS) is 16.0. The fourth-order valence-electron chi connectivity index (χ4n) is 2.53. The lowest BCUT2D eigenvalue weighted by atomic mass is 10.1. The number of hydrogen-bond acceptors (Lipinski definition) is 2. The van der Waals surface area contributed by atoms with E-state index in [9.17, 15) is 22.0 Å². The molecule has 2 aromatic carbocycles. The maximum absolute atomic E-state index is 13.1. The van der Waals surface area contributed by atoms with Gasteiger partial charge in [0, 0.05) is 25.7 Å². The van der Waals surface area contributed by atoms with E-state index in [1.807, 2.05) is 4.90 Å². The first-order chi connectivity index (χ1) is 11.3. The summed E-state index contributed by atoms with van der Waals surface area (Å²) in [5, 5.41) is 0. The van der Waals surface area contributed by atoms with Crippen LogP contribution in [0.1, 0.15) is 11.1 Å². The van der Waals surface area contributed by atoms with Crippen molar-refractivity contribution >= 4 is 0 Å². The highest BCUT2D eigenvalue weighted by Gasteiger charge is 2.31. The van der Waals surface area contributed by atoms with Gasteiger partial charge in [-0.2, -0.15) is 13.2 Å². The number of nitrogens with zero attached hydrogens (tertiary/aromatic N) is 1. The number of ether oxygens (including phenoxy) is 1. The zero-order valence-corrected chi connectivity index (χ0v) is 12.5. The van der Waals surface area contributed by atoms with Crippen molar-refractivity contribution in [1.29, 1.82) is 0 Å². The number of rotatable bonds is 4. The van der Waals surface area contributed by atoms with Crippen LogP contribution in [0.4, 0.5) is 22.0 Å². The van der Waals surface area contributed by atoms with Gasteiger partial charge in [0.15, 0.2) is 11.6 Å². The Hall–Kier alpha value is -2.15. The summed E-state index contributed by atoms with van der Waals surface area (Å²) in [6.45, 7) is 1.65. The SMILES string of the molecule is Fc1ccc(OC2CN(Cc3ccc(C(F)(F)F)cc3)C2)cc1F. The van der Waals surface area contributed by atoms with Crippen molar-refractivity contribution in [2.24, 2.45) is 0 Å². The molecule has 0 N–H and O–H groups in total. The van der Waals surface area contributed by atoms with Crippen LogP contribution in [0.25, 0.3) is 0 Å². The molecular formula is C17H14F5NO. The Labute approximate surface area is 135 Å². The van der Waals surface area contributed by atoms with Gasteiger partial charge in [0.05, 0.1) is 5.56 Å². The topological polar surface area (TPSA) is 12.5 Å². The summed E-state index contributed by atoms with van der Waals surface area (Å²) in [5.41, 5.74) is 0.101. The van der Waals surface area contributed by atoms with Crippen molar-refractivity contribution < 1.29 is 26.7 Å². The lowest BCUT2D eigenvalue weighted by molar-refractivity contribution is -0.137. The summed E-state index contributed by atoms with van der Waals surface area (Å²) in [6.07, 6.45) is -4.48. The number of likely N-dealkylation sites (tertiary alicyclic amines) is 1. The standard InChI is InChI=1S/C17H14F5NO/c18-15-6-5-13(7-16(15)19)24-14-9-23(10-14)8-11-1-3-12(4-2-11)17(20,21)22/h1-7,14H,8-10H2.